The number of aromatic nitrogens is 1. The number of allylic oxidation sites excluding steroid dienone is 1. The Balaban J connectivity index is 1.16. The summed E-state index contributed by atoms with van der Waals surface area (Å²) in [4.78, 5) is 18.3. The summed E-state index contributed by atoms with van der Waals surface area (Å²) >= 11 is 0. The fourth-order valence-corrected chi connectivity index (χ4v) is 13.7. The van der Waals surface area contributed by atoms with Crippen LogP contribution in [0.3, 0.4) is 0 Å². The van der Waals surface area contributed by atoms with Gasteiger partial charge in [0.25, 0.3) is 0 Å². The fourth-order valence-electron chi connectivity index (χ4n) is 13.7. The summed E-state index contributed by atoms with van der Waals surface area (Å²) in [5.74, 6) is 2.65. The van der Waals surface area contributed by atoms with Gasteiger partial charge in [-0.05, 0) is 128 Å². The van der Waals surface area contributed by atoms with Crippen LogP contribution in [0.1, 0.15) is 110 Å². The van der Waals surface area contributed by atoms with Gasteiger partial charge in [-0.1, -0.05) is 95.3 Å². The van der Waals surface area contributed by atoms with Gasteiger partial charge in [0.15, 0.2) is 0 Å². The molecular formula is C43H55NO2. The highest BCUT2D eigenvalue weighted by Crippen LogP contribution is 2.77. The quantitative estimate of drug-likeness (QED) is 0.234. The van der Waals surface area contributed by atoms with Crippen LogP contribution >= 0.6 is 0 Å². The van der Waals surface area contributed by atoms with Gasteiger partial charge in [-0.3, -0.25) is 4.79 Å². The van der Waals surface area contributed by atoms with Crippen LogP contribution < -0.4 is 0 Å². The first-order valence-electron chi connectivity index (χ1n) is 18.3. The van der Waals surface area contributed by atoms with E-state index in [4.69, 9.17) is 4.74 Å². The van der Waals surface area contributed by atoms with Crippen LogP contribution in [-0.2, 0) is 28.0 Å². The number of H-pyrrole nitrogens is 1. The molecule has 3 heteroatoms. The van der Waals surface area contributed by atoms with Crippen molar-refractivity contribution in [2.24, 2.45) is 51.2 Å². The molecular weight excluding hydrogens is 562 g/mol. The van der Waals surface area contributed by atoms with E-state index < -0.39 is 0 Å². The van der Waals surface area contributed by atoms with Crippen molar-refractivity contribution in [3.63, 3.8) is 0 Å². The third-order valence-electron chi connectivity index (χ3n) is 15.8. The second-order valence-corrected chi connectivity index (χ2v) is 17.8. The molecule has 5 aliphatic carbocycles. The molecule has 4 unspecified atom stereocenters. The largest absolute Gasteiger partial charge is 0.460 e. The molecule has 0 spiro atoms. The minimum atomic E-state index is -0.376. The molecule has 3 aromatic rings. The lowest BCUT2D eigenvalue weighted by atomic mass is 9.32. The van der Waals surface area contributed by atoms with E-state index in [9.17, 15) is 4.79 Å². The number of aromatic amines is 1. The van der Waals surface area contributed by atoms with Crippen molar-refractivity contribution in [3.05, 3.63) is 83.6 Å². The molecule has 4 saturated carbocycles. The van der Waals surface area contributed by atoms with Crippen LogP contribution in [0.25, 0.3) is 10.9 Å². The predicted octanol–water partition coefficient (Wildman–Crippen LogP) is 10.6. The maximum Gasteiger partial charge on any atom is 0.312 e. The van der Waals surface area contributed by atoms with E-state index in [0.717, 1.165) is 31.2 Å². The van der Waals surface area contributed by atoms with Crippen molar-refractivity contribution in [1.29, 1.82) is 0 Å². The predicted molar refractivity (Wildman–Crippen MR) is 187 cm³/mol. The standard InChI is InChI=1S/C43H55NO2/c1-27(2)29-19-22-43(38(45)46-26-28-13-9-8-10-14-28)24-23-41(6)32(36(29)43)17-18-35-40(5)25-31-30-15-11-12-16-33(30)44-37(31)39(3,4)34(40)20-21-42(35,41)7/h8-16,29,32,34-36,44H,1,17-26H2,2-7H3/t29-,32?,34?,35?,36?,40-,41+,42+,43-/m0/s1. The Labute approximate surface area is 277 Å². The lowest BCUT2D eigenvalue weighted by molar-refractivity contribution is -0.229. The number of benzene rings is 2. The number of hydrogen-bond donors (Lipinski definition) is 1. The molecule has 244 valence electrons. The third kappa shape index (κ3) is 3.87. The van der Waals surface area contributed by atoms with E-state index in [1.54, 1.807) is 5.56 Å². The van der Waals surface area contributed by atoms with Gasteiger partial charge in [-0.15, -0.1) is 0 Å². The van der Waals surface area contributed by atoms with Crippen molar-refractivity contribution in [2.75, 3.05) is 0 Å². The Morgan fingerprint density at radius 2 is 1.59 bits per heavy atom. The van der Waals surface area contributed by atoms with Crippen LogP contribution in [0.5, 0.6) is 0 Å². The Bertz CT molecular complexity index is 1700. The van der Waals surface area contributed by atoms with E-state index in [2.05, 4.69) is 89.5 Å². The number of hydrogen-bond acceptors (Lipinski definition) is 2. The number of para-hydroxylation sites is 1. The van der Waals surface area contributed by atoms with E-state index in [1.165, 1.54) is 54.3 Å². The summed E-state index contributed by atoms with van der Waals surface area (Å²) in [7, 11) is 0. The minimum Gasteiger partial charge on any atom is -0.460 e. The number of rotatable bonds is 4. The number of ether oxygens (including phenoxy) is 1. The molecule has 46 heavy (non-hydrogen) atoms. The molecule has 1 heterocycles. The van der Waals surface area contributed by atoms with Crippen molar-refractivity contribution in [1.82, 2.24) is 4.98 Å². The second kappa shape index (κ2) is 10.1. The van der Waals surface area contributed by atoms with E-state index >= 15 is 0 Å². The maximum atomic E-state index is 14.3. The first-order valence-corrected chi connectivity index (χ1v) is 18.3. The summed E-state index contributed by atoms with van der Waals surface area (Å²) in [5.41, 5.74) is 7.14. The Kier molecular flexibility index (Phi) is 6.70. The molecule has 1 aromatic heterocycles. The molecule has 0 amide bonds. The molecule has 0 aliphatic heterocycles. The topological polar surface area (TPSA) is 42.1 Å². The SMILES string of the molecule is C=C(C)[C@@H]1CC[C@]2(C(=O)OCc3ccccc3)CC[C@]3(C)C(CCC4[C@@]5(C)Cc6c([nH]c7ccccc67)C(C)(C)C5CC[C@]43C)C12. The molecule has 0 saturated heterocycles. The lowest BCUT2D eigenvalue weighted by Gasteiger charge is -2.72. The van der Waals surface area contributed by atoms with Crippen molar-refractivity contribution in [3.8, 4) is 0 Å². The molecule has 9 atom stereocenters. The highest BCUT2D eigenvalue weighted by molar-refractivity contribution is 5.85. The average molecular weight is 618 g/mol. The molecule has 0 bridgehead atoms. The van der Waals surface area contributed by atoms with Gasteiger partial charge in [0.2, 0.25) is 0 Å². The summed E-state index contributed by atoms with van der Waals surface area (Å²) in [6.07, 6.45) is 10.4. The van der Waals surface area contributed by atoms with Gasteiger partial charge in [0.05, 0.1) is 5.41 Å². The average Bonchev–Trinajstić information content (AvgIpc) is 3.61. The van der Waals surface area contributed by atoms with E-state index in [-0.39, 0.29) is 33.0 Å². The summed E-state index contributed by atoms with van der Waals surface area (Å²) in [5, 5.41) is 1.43. The zero-order valence-electron chi connectivity index (χ0n) is 29.2. The van der Waals surface area contributed by atoms with Gasteiger partial charge < -0.3 is 9.72 Å². The van der Waals surface area contributed by atoms with Gasteiger partial charge in [-0.2, -0.15) is 0 Å². The second-order valence-electron chi connectivity index (χ2n) is 17.8. The summed E-state index contributed by atoms with van der Waals surface area (Å²) in [6.45, 7) is 20.3. The van der Waals surface area contributed by atoms with Crippen molar-refractivity contribution >= 4 is 16.9 Å². The van der Waals surface area contributed by atoms with Crippen molar-refractivity contribution < 1.29 is 9.53 Å². The molecule has 5 aliphatic rings. The summed E-state index contributed by atoms with van der Waals surface area (Å²) < 4.78 is 6.24. The summed E-state index contributed by atoms with van der Waals surface area (Å²) in [6, 6.07) is 19.2. The number of carbonyl (C=O) groups excluding carboxylic acids is 1. The highest BCUT2D eigenvalue weighted by atomic mass is 16.5. The Hall–Kier alpha value is -2.81. The first-order chi connectivity index (χ1) is 21.9. The third-order valence-corrected chi connectivity index (χ3v) is 15.8. The maximum absolute atomic E-state index is 14.3. The molecule has 8 rings (SSSR count). The molecule has 1 N–H and O–H groups in total. The molecule has 0 radical (unpaired) electrons. The van der Waals surface area contributed by atoms with Gasteiger partial charge >= 0.3 is 5.97 Å². The number of fused-ring (bicyclic) bond motifs is 10. The monoisotopic (exact) mass is 617 g/mol. The molecule has 3 nitrogen and oxygen atoms in total. The number of nitrogens with one attached hydrogen (secondary N) is 1. The minimum absolute atomic E-state index is 0.0657. The van der Waals surface area contributed by atoms with E-state index in [1.807, 2.05) is 18.2 Å². The van der Waals surface area contributed by atoms with Gasteiger partial charge in [-0.25, -0.2) is 0 Å². The zero-order chi connectivity index (χ0) is 32.3. The van der Waals surface area contributed by atoms with Crippen LogP contribution in [-0.4, -0.2) is 11.0 Å². The molecule has 2 aromatic carbocycles. The van der Waals surface area contributed by atoms with Crippen LogP contribution in [0.15, 0.2) is 66.7 Å². The van der Waals surface area contributed by atoms with Crippen molar-refractivity contribution in [2.45, 2.75) is 111 Å². The number of esters is 1. The van der Waals surface area contributed by atoms with Gasteiger partial charge in [0.1, 0.15) is 6.61 Å². The normalized spacial score (nSPS) is 40.6. The Morgan fingerprint density at radius 1 is 0.848 bits per heavy atom. The first kappa shape index (κ1) is 30.5. The lowest BCUT2D eigenvalue weighted by Crippen LogP contribution is -2.67. The smallest absolute Gasteiger partial charge is 0.312 e. The van der Waals surface area contributed by atoms with Crippen LogP contribution in [0, 0.1) is 51.2 Å². The zero-order valence-corrected chi connectivity index (χ0v) is 29.2. The van der Waals surface area contributed by atoms with Crippen LogP contribution in [0.4, 0.5) is 0 Å². The van der Waals surface area contributed by atoms with Crippen LogP contribution in [0.2, 0.25) is 0 Å². The Morgan fingerprint density at radius 3 is 2.35 bits per heavy atom. The molecule has 4 fully saturated rings. The van der Waals surface area contributed by atoms with Gasteiger partial charge in [0, 0.05) is 22.0 Å². The highest BCUT2D eigenvalue weighted by Gasteiger charge is 2.72. The fraction of sp³-hybridized carbons (Fsp3) is 0.605. The van der Waals surface area contributed by atoms with E-state index in [0.29, 0.717) is 36.2 Å². The number of carbonyl (C=O) groups is 1.